The molecule has 0 aliphatic heterocycles. The first kappa shape index (κ1) is 16.8. The minimum atomic E-state index is 0.203. The molecule has 0 heterocycles. The molecule has 0 aromatic rings. The number of carbonyl (C=O) groups is 1. The monoisotopic (exact) mass is 284 g/mol. The number of hydrogen-bond donors (Lipinski definition) is 3. The van der Waals surface area contributed by atoms with E-state index >= 15 is 0 Å². The van der Waals surface area contributed by atoms with Crippen LogP contribution in [-0.4, -0.2) is 52.3 Å². The summed E-state index contributed by atoms with van der Waals surface area (Å²) < 4.78 is 4.96. The molecule has 6 heteroatoms. The highest BCUT2D eigenvalue weighted by atomic mass is 16.5. The van der Waals surface area contributed by atoms with Crippen LogP contribution in [0.4, 0.5) is 0 Å². The quantitative estimate of drug-likeness (QED) is 0.361. The van der Waals surface area contributed by atoms with E-state index in [1.54, 1.807) is 14.2 Å². The van der Waals surface area contributed by atoms with Crippen LogP contribution in [0.3, 0.4) is 0 Å². The van der Waals surface area contributed by atoms with Gasteiger partial charge in [-0.15, -0.1) is 0 Å². The van der Waals surface area contributed by atoms with Crippen LogP contribution < -0.4 is 16.0 Å². The van der Waals surface area contributed by atoms with Gasteiger partial charge in [-0.1, -0.05) is 19.3 Å². The third kappa shape index (κ3) is 6.75. The van der Waals surface area contributed by atoms with Gasteiger partial charge >= 0.3 is 0 Å². The minimum Gasteiger partial charge on any atom is -0.383 e. The Morgan fingerprint density at radius 3 is 2.40 bits per heavy atom. The lowest BCUT2D eigenvalue weighted by atomic mass is 9.89. The summed E-state index contributed by atoms with van der Waals surface area (Å²) in [5.74, 6) is 1.16. The fourth-order valence-corrected chi connectivity index (χ4v) is 2.37. The zero-order valence-electron chi connectivity index (χ0n) is 12.7. The number of ether oxygens (including phenoxy) is 1. The molecular weight excluding hydrogens is 256 g/mol. The van der Waals surface area contributed by atoms with E-state index in [0.29, 0.717) is 26.2 Å². The zero-order chi connectivity index (χ0) is 14.6. The lowest BCUT2D eigenvalue weighted by molar-refractivity contribution is -0.125. The van der Waals surface area contributed by atoms with Crippen molar-refractivity contribution in [3.8, 4) is 0 Å². The Hall–Kier alpha value is -1.30. The van der Waals surface area contributed by atoms with Crippen LogP contribution in [-0.2, 0) is 9.53 Å². The number of methoxy groups -OCH3 is 1. The standard InChI is InChI=1S/C14H28N4O2/c1-15-14(18-10-11-20-2)17-9-8-16-13(19)12-6-4-3-5-7-12/h12H,3-11H2,1-2H3,(H,16,19)(H2,15,17,18). The number of rotatable bonds is 7. The summed E-state index contributed by atoms with van der Waals surface area (Å²) in [5.41, 5.74) is 0. The van der Waals surface area contributed by atoms with Gasteiger partial charge in [0.2, 0.25) is 5.91 Å². The van der Waals surface area contributed by atoms with E-state index < -0.39 is 0 Å². The Bertz CT molecular complexity index is 302. The summed E-state index contributed by atoms with van der Waals surface area (Å²) in [6, 6.07) is 0. The van der Waals surface area contributed by atoms with E-state index in [0.717, 1.165) is 18.8 Å². The van der Waals surface area contributed by atoms with Gasteiger partial charge < -0.3 is 20.7 Å². The van der Waals surface area contributed by atoms with Crippen LogP contribution in [0.2, 0.25) is 0 Å². The van der Waals surface area contributed by atoms with Gasteiger partial charge in [-0.05, 0) is 12.8 Å². The molecule has 20 heavy (non-hydrogen) atoms. The zero-order valence-corrected chi connectivity index (χ0v) is 12.7. The molecule has 116 valence electrons. The molecule has 1 saturated carbocycles. The van der Waals surface area contributed by atoms with Gasteiger partial charge in [0.1, 0.15) is 0 Å². The molecule has 0 aromatic heterocycles. The van der Waals surface area contributed by atoms with Crippen LogP contribution in [0, 0.1) is 5.92 Å². The Balaban J connectivity index is 2.08. The molecule has 0 spiro atoms. The van der Waals surface area contributed by atoms with Gasteiger partial charge in [0.15, 0.2) is 5.96 Å². The molecule has 0 bridgehead atoms. The van der Waals surface area contributed by atoms with Gasteiger partial charge in [-0.3, -0.25) is 9.79 Å². The highest BCUT2D eigenvalue weighted by molar-refractivity contribution is 5.80. The second-order valence-corrected chi connectivity index (χ2v) is 5.04. The predicted octanol–water partition coefficient (Wildman–Crippen LogP) is 0.494. The number of hydrogen-bond acceptors (Lipinski definition) is 3. The summed E-state index contributed by atoms with van der Waals surface area (Å²) in [6.45, 7) is 2.65. The average Bonchev–Trinajstić information content (AvgIpc) is 2.50. The molecule has 0 unspecified atom stereocenters. The van der Waals surface area contributed by atoms with Crippen molar-refractivity contribution >= 4 is 11.9 Å². The summed E-state index contributed by atoms with van der Waals surface area (Å²) in [7, 11) is 3.39. The predicted molar refractivity (Wildman–Crippen MR) is 80.8 cm³/mol. The van der Waals surface area contributed by atoms with Crippen molar-refractivity contribution in [1.82, 2.24) is 16.0 Å². The SMILES string of the molecule is CN=C(NCCNC(=O)C1CCCCC1)NCCOC. The van der Waals surface area contributed by atoms with Gasteiger partial charge in [0.05, 0.1) is 6.61 Å². The van der Waals surface area contributed by atoms with Gasteiger partial charge in [-0.2, -0.15) is 0 Å². The molecule has 3 N–H and O–H groups in total. The van der Waals surface area contributed by atoms with Crippen molar-refractivity contribution in [3.05, 3.63) is 0 Å². The molecule has 1 rings (SSSR count). The molecule has 0 radical (unpaired) electrons. The van der Waals surface area contributed by atoms with Crippen LogP contribution in [0.5, 0.6) is 0 Å². The fraction of sp³-hybridized carbons (Fsp3) is 0.857. The smallest absolute Gasteiger partial charge is 0.223 e. The maximum absolute atomic E-state index is 11.9. The van der Waals surface area contributed by atoms with E-state index in [2.05, 4.69) is 20.9 Å². The topological polar surface area (TPSA) is 74.8 Å². The highest BCUT2D eigenvalue weighted by Crippen LogP contribution is 2.23. The third-order valence-electron chi connectivity index (χ3n) is 3.51. The second-order valence-electron chi connectivity index (χ2n) is 5.04. The fourth-order valence-electron chi connectivity index (χ4n) is 2.37. The molecule has 1 aliphatic rings. The van der Waals surface area contributed by atoms with Gasteiger partial charge in [0.25, 0.3) is 0 Å². The lowest BCUT2D eigenvalue weighted by Gasteiger charge is -2.20. The largest absolute Gasteiger partial charge is 0.383 e. The molecule has 1 amide bonds. The summed E-state index contributed by atoms with van der Waals surface area (Å²) in [4.78, 5) is 16.0. The Morgan fingerprint density at radius 2 is 1.75 bits per heavy atom. The van der Waals surface area contributed by atoms with E-state index in [-0.39, 0.29) is 11.8 Å². The molecule has 0 saturated heterocycles. The molecule has 1 aliphatic carbocycles. The molecule has 6 nitrogen and oxygen atoms in total. The lowest BCUT2D eigenvalue weighted by Crippen LogP contribution is -2.43. The van der Waals surface area contributed by atoms with E-state index in [1.807, 2.05) is 0 Å². The summed E-state index contributed by atoms with van der Waals surface area (Å²) in [5, 5.41) is 9.27. The molecular formula is C14H28N4O2. The summed E-state index contributed by atoms with van der Waals surface area (Å²) in [6.07, 6.45) is 5.73. The highest BCUT2D eigenvalue weighted by Gasteiger charge is 2.20. The number of aliphatic imine (C=N–C) groups is 1. The first-order valence-electron chi connectivity index (χ1n) is 7.49. The van der Waals surface area contributed by atoms with Crippen LogP contribution in [0.15, 0.2) is 4.99 Å². The Labute approximate surface area is 121 Å². The van der Waals surface area contributed by atoms with Crippen molar-refractivity contribution in [2.45, 2.75) is 32.1 Å². The van der Waals surface area contributed by atoms with Crippen molar-refractivity contribution < 1.29 is 9.53 Å². The van der Waals surface area contributed by atoms with Crippen molar-refractivity contribution in [2.75, 3.05) is 40.4 Å². The van der Waals surface area contributed by atoms with E-state index in [9.17, 15) is 4.79 Å². The minimum absolute atomic E-state index is 0.203. The van der Waals surface area contributed by atoms with Gasteiger partial charge in [0, 0.05) is 39.7 Å². The maximum Gasteiger partial charge on any atom is 0.223 e. The van der Waals surface area contributed by atoms with E-state index in [1.165, 1.54) is 19.3 Å². The number of nitrogens with one attached hydrogen (secondary N) is 3. The first-order chi connectivity index (χ1) is 9.77. The van der Waals surface area contributed by atoms with Crippen molar-refractivity contribution in [3.63, 3.8) is 0 Å². The second kappa shape index (κ2) is 10.5. The molecule has 1 fully saturated rings. The van der Waals surface area contributed by atoms with Crippen molar-refractivity contribution in [2.24, 2.45) is 10.9 Å². The number of guanidine groups is 1. The third-order valence-corrected chi connectivity index (χ3v) is 3.51. The maximum atomic E-state index is 11.9. The molecule has 0 aromatic carbocycles. The number of carbonyl (C=O) groups excluding carboxylic acids is 1. The summed E-state index contributed by atoms with van der Waals surface area (Å²) >= 11 is 0. The van der Waals surface area contributed by atoms with Crippen molar-refractivity contribution in [1.29, 1.82) is 0 Å². The van der Waals surface area contributed by atoms with Crippen LogP contribution in [0.1, 0.15) is 32.1 Å². The average molecular weight is 284 g/mol. The van der Waals surface area contributed by atoms with Crippen LogP contribution >= 0.6 is 0 Å². The Morgan fingerprint density at radius 1 is 1.10 bits per heavy atom. The van der Waals surface area contributed by atoms with E-state index in [4.69, 9.17) is 4.74 Å². The van der Waals surface area contributed by atoms with Gasteiger partial charge in [-0.25, -0.2) is 0 Å². The Kier molecular flexibility index (Phi) is 8.78. The normalized spacial score (nSPS) is 16.8. The van der Waals surface area contributed by atoms with Crippen LogP contribution in [0.25, 0.3) is 0 Å². The number of nitrogens with zero attached hydrogens (tertiary/aromatic N) is 1. The number of amides is 1. The first-order valence-corrected chi connectivity index (χ1v) is 7.49. The molecule has 0 atom stereocenters.